The highest BCUT2D eigenvalue weighted by Gasteiger charge is 2.59. The third-order valence-electron chi connectivity index (χ3n) is 11.1. The summed E-state index contributed by atoms with van der Waals surface area (Å²) in [4.78, 5) is 0. The molecule has 0 radical (unpaired) electrons. The highest BCUT2D eigenvalue weighted by molar-refractivity contribution is 5.25. The predicted molar refractivity (Wildman–Crippen MR) is 133 cm³/mol. The van der Waals surface area contributed by atoms with Crippen molar-refractivity contribution in [3.63, 3.8) is 0 Å². The minimum Gasteiger partial charge on any atom is -0.393 e. The normalized spacial score (nSPS) is 44.3. The first-order valence-corrected chi connectivity index (χ1v) is 14.0. The molecule has 178 valence electrons. The van der Waals surface area contributed by atoms with Crippen molar-refractivity contribution in [1.82, 2.24) is 0 Å². The van der Waals surface area contributed by atoms with E-state index in [4.69, 9.17) is 0 Å². The molecule has 0 aromatic carbocycles. The third kappa shape index (κ3) is 4.43. The molecule has 1 heteroatoms. The Hall–Kier alpha value is -0.300. The molecule has 4 rings (SSSR count). The maximum absolute atomic E-state index is 10.3. The standard InChI is InChI=1S/C30H52O/c1-20(2)18-21(3)8-7-9-22(4)26-12-13-27-25-11-10-23-19-24(31)14-16-29(23,5)28(25)15-17-30(26,27)6/h10,20-22,24-28,31H,7-9,11-19H2,1-6H3/t21?,22-,24+,25+,26-,27+,28+,29+,30-/m1/s1. The molecule has 0 heterocycles. The minimum absolute atomic E-state index is 0.0790. The molecule has 4 aliphatic carbocycles. The van der Waals surface area contributed by atoms with Crippen LogP contribution in [0, 0.1) is 52.3 Å². The molecule has 1 N–H and O–H groups in total. The summed E-state index contributed by atoms with van der Waals surface area (Å²) in [7, 11) is 0. The van der Waals surface area contributed by atoms with Crippen molar-refractivity contribution in [2.75, 3.05) is 0 Å². The number of aliphatic hydroxyl groups excluding tert-OH is 1. The molecule has 0 aromatic rings. The summed E-state index contributed by atoms with van der Waals surface area (Å²) in [5, 5.41) is 10.3. The van der Waals surface area contributed by atoms with Gasteiger partial charge in [0.25, 0.3) is 0 Å². The van der Waals surface area contributed by atoms with Crippen LogP contribution in [-0.4, -0.2) is 11.2 Å². The SMILES string of the molecule is CC(C)CC(C)CCC[C@@H](C)[C@H]1CC[C@H]2[C@@H]3CC=C4C[C@@H](O)CC[C@]4(C)[C@H]3CC[C@]12C. The van der Waals surface area contributed by atoms with Crippen molar-refractivity contribution in [1.29, 1.82) is 0 Å². The predicted octanol–water partition coefficient (Wildman–Crippen LogP) is 8.41. The van der Waals surface area contributed by atoms with E-state index in [1.165, 1.54) is 64.2 Å². The Morgan fingerprint density at radius 2 is 1.74 bits per heavy atom. The maximum Gasteiger partial charge on any atom is 0.0577 e. The second-order valence-corrected chi connectivity index (χ2v) is 13.5. The summed E-state index contributed by atoms with van der Waals surface area (Å²) in [6.07, 6.45) is 18.6. The summed E-state index contributed by atoms with van der Waals surface area (Å²) < 4.78 is 0. The average molecular weight is 429 g/mol. The first kappa shape index (κ1) is 23.8. The van der Waals surface area contributed by atoms with E-state index in [-0.39, 0.29) is 6.10 Å². The van der Waals surface area contributed by atoms with Crippen LogP contribution < -0.4 is 0 Å². The van der Waals surface area contributed by atoms with Crippen molar-refractivity contribution in [2.24, 2.45) is 52.3 Å². The fourth-order valence-electron chi connectivity index (χ4n) is 9.53. The molecule has 0 amide bonds. The second-order valence-electron chi connectivity index (χ2n) is 13.5. The van der Waals surface area contributed by atoms with Crippen molar-refractivity contribution in [2.45, 2.75) is 125 Å². The smallest absolute Gasteiger partial charge is 0.0577 e. The molecule has 0 aliphatic heterocycles. The van der Waals surface area contributed by atoms with Crippen LogP contribution in [0.5, 0.6) is 0 Å². The lowest BCUT2D eigenvalue weighted by Gasteiger charge is -2.58. The molecule has 3 saturated carbocycles. The van der Waals surface area contributed by atoms with Gasteiger partial charge < -0.3 is 5.11 Å². The zero-order valence-electron chi connectivity index (χ0n) is 21.6. The molecule has 1 nitrogen and oxygen atoms in total. The van der Waals surface area contributed by atoms with Crippen LogP contribution in [0.4, 0.5) is 0 Å². The Balaban J connectivity index is 1.40. The van der Waals surface area contributed by atoms with Crippen molar-refractivity contribution >= 4 is 0 Å². The molecule has 0 spiro atoms. The van der Waals surface area contributed by atoms with E-state index >= 15 is 0 Å². The molecule has 1 unspecified atom stereocenters. The van der Waals surface area contributed by atoms with Crippen molar-refractivity contribution in [3.05, 3.63) is 11.6 Å². The second kappa shape index (κ2) is 9.15. The fraction of sp³-hybridized carbons (Fsp3) is 0.933. The maximum atomic E-state index is 10.3. The van der Waals surface area contributed by atoms with Crippen LogP contribution in [0.15, 0.2) is 11.6 Å². The molecular formula is C30H52O. The Labute approximate surface area is 193 Å². The molecule has 0 saturated heterocycles. The topological polar surface area (TPSA) is 20.2 Å². The van der Waals surface area contributed by atoms with E-state index in [0.717, 1.165) is 54.3 Å². The van der Waals surface area contributed by atoms with Gasteiger partial charge in [-0.1, -0.05) is 72.5 Å². The quantitative estimate of drug-likeness (QED) is 0.403. The van der Waals surface area contributed by atoms with E-state index in [2.05, 4.69) is 47.6 Å². The first-order chi connectivity index (χ1) is 14.6. The summed E-state index contributed by atoms with van der Waals surface area (Å²) in [5.74, 6) is 6.32. The van der Waals surface area contributed by atoms with Crippen LogP contribution in [0.2, 0.25) is 0 Å². The molecule has 4 aliphatic rings. The Bertz CT molecular complexity index is 649. The van der Waals surface area contributed by atoms with Crippen LogP contribution in [0.1, 0.15) is 119 Å². The van der Waals surface area contributed by atoms with Crippen LogP contribution in [-0.2, 0) is 0 Å². The monoisotopic (exact) mass is 428 g/mol. The Kier molecular flexibility index (Phi) is 7.04. The van der Waals surface area contributed by atoms with Gasteiger partial charge in [0.15, 0.2) is 0 Å². The first-order valence-electron chi connectivity index (χ1n) is 14.0. The van der Waals surface area contributed by atoms with E-state index in [0.29, 0.717) is 10.8 Å². The third-order valence-corrected chi connectivity index (χ3v) is 11.1. The van der Waals surface area contributed by atoms with Gasteiger partial charge in [0.05, 0.1) is 6.10 Å². The van der Waals surface area contributed by atoms with Gasteiger partial charge in [-0.2, -0.15) is 0 Å². The number of fused-ring (bicyclic) bond motifs is 5. The largest absolute Gasteiger partial charge is 0.393 e. The molecule has 31 heavy (non-hydrogen) atoms. The number of hydrogen-bond acceptors (Lipinski definition) is 1. The van der Waals surface area contributed by atoms with E-state index < -0.39 is 0 Å². The number of hydrogen-bond donors (Lipinski definition) is 1. The van der Waals surface area contributed by atoms with Gasteiger partial charge in [0.2, 0.25) is 0 Å². The summed E-state index contributed by atoms with van der Waals surface area (Å²) in [5.41, 5.74) is 2.59. The minimum atomic E-state index is -0.0790. The van der Waals surface area contributed by atoms with E-state index in [1.54, 1.807) is 5.57 Å². The van der Waals surface area contributed by atoms with E-state index in [9.17, 15) is 5.11 Å². The van der Waals surface area contributed by atoms with E-state index in [1.807, 2.05) is 0 Å². The molecule has 9 atom stereocenters. The lowest BCUT2D eigenvalue weighted by molar-refractivity contribution is -0.0573. The van der Waals surface area contributed by atoms with Crippen LogP contribution in [0.25, 0.3) is 0 Å². The van der Waals surface area contributed by atoms with Crippen LogP contribution >= 0.6 is 0 Å². The summed E-state index contributed by atoms with van der Waals surface area (Å²) >= 11 is 0. The number of rotatable bonds is 7. The van der Waals surface area contributed by atoms with Gasteiger partial charge in [-0.15, -0.1) is 0 Å². The fourth-order valence-corrected chi connectivity index (χ4v) is 9.53. The average Bonchev–Trinajstić information content (AvgIpc) is 3.05. The van der Waals surface area contributed by atoms with Gasteiger partial charge in [0, 0.05) is 0 Å². The Morgan fingerprint density at radius 3 is 2.48 bits per heavy atom. The zero-order valence-corrected chi connectivity index (χ0v) is 21.6. The van der Waals surface area contributed by atoms with Gasteiger partial charge >= 0.3 is 0 Å². The van der Waals surface area contributed by atoms with Crippen molar-refractivity contribution in [3.8, 4) is 0 Å². The highest BCUT2D eigenvalue weighted by atomic mass is 16.3. The Morgan fingerprint density at radius 1 is 0.968 bits per heavy atom. The lowest BCUT2D eigenvalue weighted by Crippen LogP contribution is -2.50. The number of allylic oxidation sites excluding steroid dienone is 1. The van der Waals surface area contributed by atoms with Gasteiger partial charge in [-0.3, -0.25) is 0 Å². The van der Waals surface area contributed by atoms with Gasteiger partial charge in [-0.05, 0) is 110 Å². The highest BCUT2D eigenvalue weighted by Crippen LogP contribution is 2.67. The van der Waals surface area contributed by atoms with Crippen LogP contribution in [0.3, 0.4) is 0 Å². The van der Waals surface area contributed by atoms with Gasteiger partial charge in [0.1, 0.15) is 0 Å². The summed E-state index contributed by atoms with van der Waals surface area (Å²) in [6, 6.07) is 0. The molecular weight excluding hydrogens is 376 g/mol. The molecule has 3 fully saturated rings. The summed E-state index contributed by atoms with van der Waals surface area (Å²) in [6.45, 7) is 15.1. The van der Waals surface area contributed by atoms with Gasteiger partial charge in [-0.25, -0.2) is 0 Å². The lowest BCUT2D eigenvalue weighted by atomic mass is 9.47. The van der Waals surface area contributed by atoms with Crippen molar-refractivity contribution < 1.29 is 5.11 Å². The molecule has 0 aromatic heterocycles. The number of aliphatic hydroxyl groups is 1. The molecule has 0 bridgehead atoms. The zero-order chi connectivity index (χ0) is 22.4.